The van der Waals surface area contributed by atoms with Crippen molar-refractivity contribution < 1.29 is 24.1 Å². The van der Waals surface area contributed by atoms with Crippen LogP contribution in [0.5, 0.6) is 11.5 Å². The Bertz CT molecular complexity index is 1550. The summed E-state index contributed by atoms with van der Waals surface area (Å²) in [5.41, 5.74) is 3.61. The number of aliphatic imine (C=N–C) groups is 1. The van der Waals surface area contributed by atoms with Gasteiger partial charge in [-0.2, -0.15) is 0 Å². The molecule has 0 spiro atoms. The molecule has 0 saturated carbocycles. The molecule has 44 heavy (non-hydrogen) atoms. The van der Waals surface area contributed by atoms with E-state index in [4.69, 9.17) is 24.3 Å². The number of aliphatic hydroxyl groups is 1. The van der Waals surface area contributed by atoms with E-state index in [9.17, 15) is 4.79 Å². The van der Waals surface area contributed by atoms with Crippen LogP contribution in [0.4, 0.5) is 0 Å². The average Bonchev–Trinajstić information content (AvgIpc) is 3.46. The van der Waals surface area contributed by atoms with E-state index in [1.165, 1.54) is 0 Å². The standard InChI is InChI=1S/C37H38N2O5/c1-3-23-37(36(41)38-24-22-27-10-18-32(42-2)19-11-27)34(30-14-12-29(13-15-30)28-8-5-4-6-9-28)44-35(39-37)31-16-20-33(21-17-31)43-26-7-25-40/h3-6,8-21,34,40H,1,7,22-26H2,2H3,(H,38,41)/t34-,37-/m1/s1. The zero-order valence-corrected chi connectivity index (χ0v) is 24.9. The van der Waals surface area contributed by atoms with Crippen molar-refractivity contribution >= 4 is 11.8 Å². The first-order valence-electron chi connectivity index (χ1n) is 14.8. The topological polar surface area (TPSA) is 89.4 Å². The van der Waals surface area contributed by atoms with E-state index in [2.05, 4.69) is 24.0 Å². The summed E-state index contributed by atoms with van der Waals surface area (Å²) in [6.07, 6.45) is 2.56. The van der Waals surface area contributed by atoms with Gasteiger partial charge in [-0.1, -0.05) is 72.8 Å². The van der Waals surface area contributed by atoms with E-state index in [0.717, 1.165) is 33.6 Å². The highest BCUT2D eigenvalue weighted by Gasteiger charge is 2.52. The summed E-state index contributed by atoms with van der Waals surface area (Å²) in [5.74, 6) is 1.64. The van der Waals surface area contributed by atoms with Crippen LogP contribution in [-0.4, -0.2) is 49.3 Å². The Morgan fingerprint density at radius 1 is 0.932 bits per heavy atom. The fraction of sp³-hybridized carbons (Fsp3) is 0.243. The molecule has 0 unspecified atom stereocenters. The summed E-state index contributed by atoms with van der Waals surface area (Å²) in [5, 5.41) is 12.2. The molecule has 0 aromatic heterocycles. The molecule has 0 radical (unpaired) electrons. The first-order valence-corrected chi connectivity index (χ1v) is 14.8. The molecule has 0 aliphatic carbocycles. The number of carbonyl (C=O) groups excluding carboxylic acids is 1. The molecular formula is C37H38N2O5. The van der Waals surface area contributed by atoms with Gasteiger partial charge < -0.3 is 24.6 Å². The molecule has 1 aliphatic rings. The van der Waals surface area contributed by atoms with Gasteiger partial charge in [0.2, 0.25) is 5.90 Å². The summed E-state index contributed by atoms with van der Waals surface area (Å²) in [4.78, 5) is 19.1. The van der Waals surface area contributed by atoms with E-state index < -0.39 is 11.6 Å². The van der Waals surface area contributed by atoms with Crippen molar-refractivity contribution in [3.05, 3.63) is 132 Å². The van der Waals surface area contributed by atoms with Crippen LogP contribution in [0, 0.1) is 0 Å². The number of nitrogens with one attached hydrogen (secondary N) is 1. The Morgan fingerprint density at radius 2 is 1.59 bits per heavy atom. The Balaban J connectivity index is 1.42. The SMILES string of the molecule is C=CC[C@@]1(C(=O)NCCc2ccc(OC)cc2)N=C(c2ccc(OCCCO)cc2)O[C@@H]1c1ccc(-c2ccccc2)cc1. The fourth-order valence-corrected chi connectivity index (χ4v) is 5.28. The number of nitrogens with zero attached hydrogens (tertiary/aromatic N) is 1. The third kappa shape index (κ3) is 7.01. The molecule has 0 saturated heterocycles. The molecular weight excluding hydrogens is 552 g/mol. The van der Waals surface area contributed by atoms with E-state index >= 15 is 0 Å². The van der Waals surface area contributed by atoms with E-state index in [0.29, 0.717) is 44.1 Å². The average molecular weight is 591 g/mol. The van der Waals surface area contributed by atoms with Crippen molar-refractivity contribution in [2.24, 2.45) is 4.99 Å². The molecule has 2 atom stereocenters. The lowest BCUT2D eigenvalue weighted by Crippen LogP contribution is -2.48. The van der Waals surface area contributed by atoms with Gasteiger partial charge in [0.25, 0.3) is 5.91 Å². The number of ether oxygens (including phenoxy) is 3. The maximum absolute atomic E-state index is 14.1. The Labute approximate surface area is 258 Å². The minimum atomic E-state index is -1.25. The molecule has 4 aromatic rings. The minimum Gasteiger partial charge on any atom is -0.497 e. The molecule has 1 amide bonds. The molecule has 4 aromatic carbocycles. The van der Waals surface area contributed by atoms with Crippen LogP contribution in [-0.2, 0) is 16.0 Å². The minimum absolute atomic E-state index is 0.0734. The van der Waals surface area contributed by atoms with E-state index in [1.807, 2.05) is 91.0 Å². The third-order valence-electron chi connectivity index (χ3n) is 7.66. The van der Waals surface area contributed by atoms with Crippen molar-refractivity contribution in [2.45, 2.75) is 30.9 Å². The summed E-state index contributed by atoms with van der Waals surface area (Å²) >= 11 is 0. The lowest BCUT2D eigenvalue weighted by Gasteiger charge is -2.30. The summed E-state index contributed by atoms with van der Waals surface area (Å²) in [7, 11) is 1.64. The van der Waals surface area contributed by atoms with Crippen molar-refractivity contribution in [2.75, 3.05) is 26.9 Å². The summed E-state index contributed by atoms with van der Waals surface area (Å²) < 4.78 is 17.5. The quantitative estimate of drug-likeness (QED) is 0.133. The van der Waals surface area contributed by atoms with Gasteiger partial charge in [0.1, 0.15) is 11.5 Å². The van der Waals surface area contributed by atoms with Crippen LogP contribution < -0.4 is 14.8 Å². The van der Waals surface area contributed by atoms with E-state index in [1.54, 1.807) is 13.2 Å². The molecule has 7 nitrogen and oxygen atoms in total. The number of amides is 1. The summed E-state index contributed by atoms with van der Waals surface area (Å²) in [6.45, 7) is 4.91. The number of hydrogen-bond donors (Lipinski definition) is 2. The molecule has 0 fully saturated rings. The monoisotopic (exact) mass is 590 g/mol. The van der Waals surface area contributed by atoms with Crippen LogP contribution in [0.15, 0.2) is 121 Å². The van der Waals surface area contributed by atoms with Gasteiger partial charge in [-0.25, -0.2) is 4.99 Å². The van der Waals surface area contributed by atoms with Gasteiger partial charge >= 0.3 is 0 Å². The van der Waals surface area contributed by atoms with Crippen LogP contribution >= 0.6 is 0 Å². The lowest BCUT2D eigenvalue weighted by atomic mass is 9.84. The second-order valence-corrected chi connectivity index (χ2v) is 10.6. The molecule has 1 aliphatic heterocycles. The second-order valence-electron chi connectivity index (χ2n) is 10.6. The van der Waals surface area contributed by atoms with Gasteiger partial charge in [0, 0.05) is 31.6 Å². The maximum atomic E-state index is 14.1. The van der Waals surface area contributed by atoms with Gasteiger partial charge in [0.15, 0.2) is 11.6 Å². The zero-order valence-electron chi connectivity index (χ0n) is 24.9. The van der Waals surface area contributed by atoms with Gasteiger partial charge in [0.05, 0.1) is 13.7 Å². The number of hydrogen-bond acceptors (Lipinski definition) is 6. The second kappa shape index (κ2) is 14.5. The Kier molecular flexibility index (Phi) is 10.1. The summed E-state index contributed by atoms with van der Waals surface area (Å²) in [6, 6.07) is 33.5. The number of benzene rings is 4. The van der Waals surface area contributed by atoms with Crippen molar-refractivity contribution in [3.8, 4) is 22.6 Å². The number of carbonyl (C=O) groups is 1. The normalized spacial score (nSPS) is 17.3. The van der Waals surface area contributed by atoms with Crippen molar-refractivity contribution in [3.63, 3.8) is 0 Å². The maximum Gasteiger partial charge on any atom is 0.252 e. The predicted molar refractivity (Wildman–Crippen MR) is 173 cm³/mol. The Morgan fingerprint density at radius 3 is 2.25 bits per heavy atom. The van der Waals surface area contributed by atoms with Crippen LogP contribution in [0.25, 0.3) is 11.1 Å². The highest BCUT2D eigenvalue weighted by atomic mass is 16.5. The van der Waals surface area contributed by atoms with Crippen LogP contribution in [0.3, 0.4) is 0 Å². The van der Waals surface area contributed by atoms with Crippen LogP contribution in [0.2, 0.25) is 0 Å². The lowest BCUT2D eigenvalue weighted by molar-refractivity contribution is -0.128. The Hall–Kier alpha value is -4.88. The third-order valence-corrected chi connectivity index (χ3v) is 7.66. The highest BCUT2D eigenvalue weighted by Crippen LogP contribution is 2.43. The molecule has 5 rings (SSSR count). The first-order chi connectivity index (χ1) is 21.6. The highest BCUT2D eigenvalue weighted by molar-refractivity contribution is 6.01. The van der Waals surface area contributed by atoms with Gasteiger partial charge in [-0.15, -0.1) is 6.58 Å². The molecule has 7 heteroatoms. The molecule has 0 bridgehead atoms. The molecule has 2 N–H and O–H groups in total. The predicted octanol–water partition coefficient (Wildman–Crippen LogP) is 6.32. The number of rotatable bonds is 14. The smallest absolute Gasteiger partial charge is 0.252 e. The first kappa shape index (κ1) is 30.6. The fourth-order valence-electron chi connectivity index (χ4n) is 5.28. The van der Waals surface area contributed by atoms with Gasteiger partial charge in [-0.3, -0.25) is 4.79 Å². The zero-order chi connectivity index (χ0) is 30.8. The number of methoxy groups -OCH3 is 1. The number of aliphatic hydroxyl groups excluding tert-OH is 1. The van der Waals surface area contributed by atoms with Crippen LogP contribution in [0.1, 0.15) is 35.6 Å². The van der Waals surface area contributed by atoms with Crippen molar-refractivity contribution in [1.82, 2.24) is 5.32 Å². The molecule has 226 valence electrons. The largest absolute Gasteiger partial charge is 0.497 e. The van der Waals surface area contributed by atoms with E-state index in [-0.39, 0.29) is 12.5 Å². The molecule has 1 heterocycles. The van der Waals surface area contributed by atoms with Gasteiger partial charge in [-0.05, 0) is 65.1 Å². The van der Waals surface area contributed by atoms with Crippen molar-refractivity contribution in [1.29, 1.82) is 0 Å².